The van der Waals surface area contributed by atoms with Crippen LogP contribution in [0.5, 0.6) is 0 Å². The number of fused-ring (bicyclic) bond motifs is 2. The van der Waals surface area contributed by atoms with Crippen LogP contribution >= 0.6 is 24.0 Å². The average Bonchev–Trinajstić information content (AvgIpc) is 3.31. The number of nitrogens with zero attached hydrogens (tertiary/aromatic N) is 2. The summed E-state index contributed by atoms with van der Waals surface area (Å²) < 4.78 is 11.6. The van der Waals surface area contributed by atoms with E-state index in [-0.39, 0.29) is 29.5 Å². The number of halogens is 1. The Hall–Kier alpha value is -0.120. The van der Waals surface area contributed by atoms with E-state index in [1.807, 2.05) is 0 Å². The predicted octanol–water partition coefficient (Wildman–Crippen LogP) is 2.51. The highest BCUT2D eigenvalue weighted by Crippen LogP contribution is 2.35. The lowest BCUT2D eigenvalue weighted by Gasteiger charge is -2.47. The van der Waals surface area contributed by atoms with Crippen molar-refractivity contribution in [1.29, 1.82) is 0 Å². The maximum atomic E-state index is 6.01. The third-order valence-electron chi connectivity index (χ3n) is 6.77. The molecule has 0 radical (unpaired) electrons. The molecule has 0 spiro atoms. The molecule has 156 valence electrons. The predicted molar refractivity (Wildman–Crippen MR) is 119 cm³/mol. The lowest BCUT2D eigenvalue weighted by atomic mass is 9.80. The van der Waals surface area contributed by atoms with E-state index in [1.54, 1.807) is 0 Å². The first-order valence-electron chi connectivity index (χ1n) is 10.8. The van der Waals surface area contributed by atoms with E-state index < -0.39 is 0 Å². The van der Waals surface area contributed by atoms with Crippen LogP contribution in [0.25, 0.3) is 0 Å². The molecule has 0 aromatic heterocycles. The molecular formula is C20H37IN4O2. The second-order valence-electron chi connectivity index (χ2n) is 8.44. The van der Waals surface area contributed by atoms with Crippen LogP contribution in [0.1, 0.15) is 58.3 Å². The summed E-state index contributed by atoms with van der Waals surface area (Å²) in [7, 11) is 0. The summed E-state index contributed by atoms with van der Waals surface area (Å²) in [5.74, 6) is 0.979. The summed E-state index contributed by atoms with van der Waals surface area (Å²) in [4.78, 5) is 7.76. The average molecular weight is 492 g/mol. The number of hydrogen-bond donors (Lipinski definition) is 2. The first-order valence-corrected chi connectivity index (χ1v) is 10.8. The van der Waals surface area contributed by atoms with Crippen LogP contribution in [0.4, 0.5) is 0 Å². The summed E-state index contributed by atoms with van der Waals surface area (Å²) in [5.41, 5.74) is 0.232. The highest BCUT2D eigenvalue weighted by molar-refractivity contribution is 14.0. The zero-order valence-corrected chi connectivity index (χ0v) is 19.1. The number of aliphatic imine (C=N–C) groups is 1. The molecule has 0 aromatic rings. The van der Waals surface area contributed by atoms with Gasteiger partial charge in [0.15, 0.2) is 5.96 Å². The number of rotatable bonds is 5. The Morgan fingerprint density at radius 3 is 2.56 bits per heavy atom. The van der Waals surface area contributed by atoms with Crippen LogP contribution in [0.15, 0.2) is 4.99 Å². The lowest BCUT2D eigenvalue weighted by molar-refractivity contribution is -0.0333. The van der Waals surface area contributed by atoms with Crippen molar-refractivity contribution in [2.75, 3.05) is 39.4 Å². The van der Waals surface area contributed by atoms with Gasteiger partial charge in [-0.15, -0.1) is 24.0 Å². The van der Waals surface area contributed by atoms with Gasteiger partial charge in [-0.3, -0.25) is 9.89 Å². The normalized spacial score (nSPS) is 33.5. The Bertz CT molecular complexity index is 492. The van der Waals surface area contributed by atoms with E-state index in [0.29, 0.717) is 18.2 Å². The van der Waals surface area contributed by atoms with Gasteiger partial charge in [-0.2, -0.15) is 0 Å². The minimum absolute atomic E-state index is 0. The minimum atomic E-state index is 0. The molecule has 7 heteroatoms. The second-order valence-corrected chi connectivity index (χ2v) is 8.44. The highest BCUT2D eigenvalue weighted by atomic mass is 127. The van der Waals surface area contributed by atoms with Crippen molar-refractivity contribution in [1.82, 2.24) is 15.5 Å². The van der Waals surface area contributed by atoms with Gasteiger partial charge in [0.25, 0.3) is 0 Å². The number of guanidine groups is 1. The van der Waals surface area contributed by atoms with Crippen molar-refractivity contribution < 1.29 is 9.47 Å². The molecule has 3 heterocycles. The van der Waals surface area contributed by atoms with E-state index in [4.69, 9.17) is 14.5 Å². The molecule has 6 nitrogen and oxygen atoms in total. The molecule has 3 atom stereocenters. The summed E-state index contributed by atoms with van der Waals surface area (Å²) >= 11 is 0. The van der Waals surface area contributed by atoms with Crippen molar-refractivity contribution in [3.05, 3.63) is 0 Å². The van der Waals surface area contributed by atoms with Gasteiger partial charge >= 0.3 is 0 Å². The van der Waals surface area contributed by atoms with Gasteiger partial charge in [0.1, 0.15) is 0 Å². The molecule has 3 unspecified atom stereocenters. The quantitative estimate of drug-likeness (QED) is 0.351. The van der Waals surface area contributed by atoms with E-state index >= 15 is 0 Å². The number of hydrogen-bond acceptors (Lipinski definition) is 4. The van der Waals surface area contributed by atoms with Crippen molar-refractivity contribution in [3.63, 3.8) is 0 Å². The summed E-state index contributed by atoms with van der Waals surface area (Å²) in [6.45, 7) is 7.78. The maximum Gasteiger partial charge on any atom is 0.191 e. The van der Waals surface area contributed by atoms with Crippen LogP contribution in [0.2, 0.25) is 0 Å². The van der Waals surface area contributed by atoms with E-state index in [9.17, 15) is 0 Å². The van der Waals surface area contributed by atoms with Gasteiger partial charge < -0.3 is 20.1 Å². The largest absolute Gasteiger partial charge is 0.379 e. The van der Waals surface area contributed by atoms with Crippen LogP contribution in [0.3, 0.4) is 0 Å². The first-order chi connectivity index (χ1) is 12.8. The highest BCUT2D eigenvalue weighted by Gasteiger charge is 2.42. The molecular weight excluding hydrogens is 455 g/mol. The molecule has 4 aliphatic rings. The molecule has 0 amide bonds. The Kier molecular flexibility index (Phi) is 8.05. The Morgan fingerprint density at radius 2 is 1.93 bits per heavy atom. The molecule has 1 aliphatic carbocycles. The van der Waals surface area contributed by atoms with Gasteiger partial charge in [-0.1, -0.05) is 19.3 Å². The van der Waals surface area contributed by atoms with Crippen molar-refractivity contribution >= 4 is 29.9 Å². The molecule has 0 aromatic carbocycles. The Morgan fingerprint density at radius 1 is 1.15 bits per heavy atom. The Labute approximate surface area is 181 Å². The molecule has 3 aliphatic heterocycles. The van der Waals surface area contributed by atoms with Crippen molar-refractivity contribution in [3.8, 4) is 0 Å². The monoisotopic (exact) mass is 492 g/mol. The Balaban J connectivity index is 0.00000210. The second kappa shape index (κ2) is 10.1. The maximum absolute atomic E-state index is 6.01. The van der Waals surface area contributed by atoms with E-state index in [0.717, 1.165) is 51.8 Å². The number of morpholine rings is 1. The van der Waals surface area contributed by atoms with E-state index in [1.165, 1.54) is 44.9 Å². The van der Waals surface area contributed by atoms with Gasteiger partial charge in [-0.25, -0.2) is 0 Å². The fraction of sp³-hybridized carbons (Fsp3) is 0.950. The van der Waals surface area contributed by atoms with Crippen LogP contribution in [-0.4, -0.2) is 74.0 Å². The van der Waals surface area contributed by atoms with Gasteiger partial charge in [0.05, 0.1) is 38.0 Å². The molecule has 1 saturated carbocycles. The molecule has 2 N–H and O–H groups in total. The third-order valence-corrected chi connectivity index (χ3v) is 6.77. The first kappa shape index (κ1) is 21.6. The molecule has 4 fully saturated rings. The summed E-state index contributed by atoms with van der Waals surface area (Å²) in [6.07, 6.45) is 11.0. The third kappa shape index (κ3) is 5.08. The topological polar surface area (TPSA) is 58.1 Å². The van der Waals surface area contributed by atoms with Crippen LogP contribution < -0.4 is 10.6 Å². The summed E-state index contributed by atoms with van der Waals surface area (Å²) in [6, 6.07) is 0.428. The van der Waals surface area contributed by atoms with Crippen LogP contribution in [0, 0.1) is 0 Å². The van der Waals surface area contributed by atoms with Gasteiger partial charge in [-0.05, 0) is 39.0 Å². The smallest absolute Gasteiger partial charge is 0.191 e. The van der Waals surface area contributed by atoms with E-state index in [2.05, 4.69) is 22.5 Å². The molecule has 2 bridgehead atoms. The molecule has 3 saturated heterocycles. The lowest BCUT2D eigenvalue weighted by Crippen LogP contribution is -2.57. The van der Waals surface area contributed by atoms with Crippen molar-refractivity contribution in [2.24, 2.45) is 4.99 Å². The number of nitrogens with one attached hydrogen (secondary N) is 2. The zero-order valence-electron chi connectivity index (χ0n) is 16.8. The number of ether oxygens (including phenoxy) is 2. The molecule has 27 heavy (non-hydrogen) atoms. The zero-order chi connectivity index (χ0) is 17.8. The van der Waals surface area contributed by atoms with Gasteiger partial charge in [0.2, 0.25) is 0 Å². The summed E-state index contributed by atoms with van der Waals surface area (Å²) in [5, 5.41) is 7.15. The fourth-order valence-corrected chi connectivity index (χ4v) is 5.33. The standard InChI is InChI=1S/C20H36N4O2.HI/c1-2-21-19(23-17-14-16-6-7-18(17)26-16)22-15-20(8-4-3-5-9-20)24-10-12-25-13-11-24;/h16-18H,2-15H2,1H3,(H2,21,22,23);1H. The van der Waals surface area contributed by atoms with Crippen LogP contribution in [-0.2, 0) is 9.47 Å². The van der Waals surface area contributed by atoms with Gasteiger partial charge in [0, 0.05) is 25.2 Å². The minimum Gasteiger partial charge on any atom is -0.379 e. The van der Waals surface area contributed by atoms with Crippen molar-refractivity contribution in [2.45, 2.75) is 82.1 Å². The molecule has 4 rings (SSSR count). The SMILES string of the molecule is CCNC(=NCC1(N2CCOCC2)CCCCC1)NC1CC2CCC1O2.I. The fourth-order valence-electron chi connectivity index (χ4n) is 5.33.